The molecule has 2 aromatic rings. The normalized spacial score (nSPS) is 10.1. The summed E-state index contributed by atoms with van der Waals surface area (Å²) in [6.07, 6.45) is 0. The van der Waals surface area contributed by atoms with Gasteiger partial charge in [-0.1, -0.05) is 6.07 Å². The Morgan fingerprint density at radius 1 is 0.947 bits per heavy atom. The van der Waals surface area contributed by atoms with Gasteiger partial charge in [0.05, 0.1) is 0 Å². The molecule has 0 bridgehead atoms. The van der Waals surface area contributed by atoms with Crippen LogP contribution in [0.5, 0.6) is 11.5 Å². The van der Waals surface area contributed by atoms with Crippen LogP contribution in [0.1, 0.15) is 18.1 Å². The third-order valence-electron chi connectivity index (χ3n) is 2.89. The lowest BCUT2D eigenvalue weighted by molar-refractivity contribution is -0.114. The number of aryl methyl sites for hydroxylation is 2. The Hall–Kier alpha value is -2.29. The molecule has 0 aliphatic heterocycles. The van der Waals surface area contributed by atoms with Crippen LogP contribution in [-0.2, 0) is 4.79 Å². The Morgan fingerprint density at radius 2 is 1.58 bits per heavy atom. The summed E-state index contributed by atoms with van der Waals surface area (Å²) >= 11 is 0. The zero-order valence-corrected chi connectivity index (χ0v) is 11.4. The van der Waals surface area contributed by atoms with Crippen molar-refractivity contribution < 1.29 is 9.53 Å². The van der Waals surface area contributed by atoms with Crippen LogP contribution >= 0.6 is 0 Å². The average molecular weight is 255 g/mol. The highest BCUT2D eigenvalue weighted by Gasteiger charge is 2.00. The summed E-state index contributed by atoms with van der Waals surface area (Å²) in [5.41, 5.74) is 3.21. The lowest BCUT2D eigenvalue weighted by Gasteiger charge is -2.09. The second-order valence-electron chi connectivity index (χ2n) is 4.55. The Balaban J connectivity index is 2.10. The summed E-state index contributed by atoms with van der Waals surface area (Å²) in [5.74, 6) is 1.48. The number of anilines is 1. The van der Waals surface area contributed by atoms with Gasteiger partial charge in [0.1, 0.15) is 11.5 Å². The second-order valence-corrected chi connectivity index (χ2v) is 4.55. The van der Waals surface area contributed by atoms with Gasteiger partial charge in [-0.15, -0.1) is 0 Å². The van der Waals surface area contributed by atoms with Crippen LogP contribution in [0, 0.1) is 13.8 Å². The molecule has 0 aromatic heterocycles. The zero-order valence-electron chi connectivity index (χ0n) is 11.4. The van der Waals surface area contributed by atoms with Gasteiger partial charge < -0.3 is 10.1 Å². The van der Waals surface area contributed by atoms with Crippen LogP contribution in [0.25, 0.3) is 0 Å². The molecule has 2 rings (SSSR count). The zero-order chi connectivity index (χ0) is 13.8. The highest BCUT2D eigenvalue weighted by molar-refractivity contribution is 5.88. The third-order valence-corrected chi connectivity index (χ3v) is 2.89. The van der Waals surface area contributed by atoms with Gasteiger partial charge in [-0.25, -0.2) is 0 Å². The molecule has 0 heterocycles. The standard InChI is InChI=1S/C16H17NO2/c1-11-4-7-16(10-12(11)2)19-15-8-5-14(6-9-15)17-13(3)18/h4-10H,1-3H3,(H,17,18). The predicted molar refractivity (Wildman–Crippen MR) is 76.7 cm³/mol. The largest absolute Gasteiger partial charge is 0.457 e. The lowest BCUT2D eigenvalue weighted by Crippen LogP contribution is -2.05. The van der Waals surface area contributed by atoms with Crippen molar-refractivity contribution in [1.82, 2.24) is 0 Å². The summed E-state index contributed by atoms with van der Waals surface area (Å²) in [4.78, 5) is 10.9. The van der Waals surface area contributed by atoms with Crippen molar-refractivity contribution in [3.05, 3.63) is 53.6 Å². The van der Waals surface area contributed by atoms with Crippen molar-refractivity contribution >= 4 is 11.6 Å². The molecule has 0 unspecified atom stereocenters. The van der Waals surface area contributed by atoms with Crippen LogP contribution in [0.3, 0.4) is 0 Å². The molecule has 0 radical (unpaired) electrons. The van der Waals surface area contributed by atoms with Gasteiger partial charge >= 0.3 is 0 Å². The first kappa shape index (κ1) is 13.1. The maximum atomic E-state index is 10.9. The summed E-state index contributed by atoms with van der Waals surface area (Å²) in [7, 11) is 0. The number of ether oxygens (including phenoxy) is 1. The molecule has 98 valence electrons. The smallest absolute Gasteiger partial charge is 0.221 e. The fraction of sp³-hybridized carbons (Fsp3) is 0.188. The SMILES string of the molecule is CC(=O)Nc1ccc(Oc2ccc(C)c(C)c2)cc1. The minimum Gasteiger partial charge on any atom is -0.457 e. The molecule has 0 aliphatic carbocycles. The number of benzene rings is 2. The molecular weight excluding hydrogens is 238 g/mol. The van der Waals surface area contributed by atoms with Gasteiger partial charge in [0.25, 0.3) is 0 Å². The number of carbonyl (C=O) groups excluding carboxylic acids is 1. The number of rotatable bonds is 3. The van der Waals surface area contributed by atoms with E-state index in [-0.39, 0.29) is 5.91 Å². The second kappa shape index (κ2) is 5.57. The van der Waals surface area contributed by atoms with Crippen LogP contribution < -0.4 is 10.1 Å². The molecule has 3 heteroatoms. The number of amides is 1. The van der Waals surface area contributed by atoms with Crippen LogP contribution in [0.4, 0.5) is 5.69 Å². The van der Waals surface area contributed by atoms with Crippen LogP contribution in [-0.4, -0.2) is 5.91 Å². The van der Waals surface area contributed by atoms with E-state index in [0.29, 0.717) is 0 Å². The lowest BCUT2D eigenvalue weighted by atomic mass is 10.1. The summed E-state index contributed by atoms with van der Waals surface area (Å²) < 4.78 is 5.76. The molecular formula is C16H17NO2. The number of nitrogens with one attached hydrogen (secondary N) is 1. The van der Waals surface area contributed by atoms with Crippen LogP contribution in [0.15, 0.2) is 42.5 Å². The summed E-state index contributed by atoms with van der Waals surface area (Å²) in [5, 5.41) is 2.72. The molecule has 0 saturated carbocycles. The summed E-state index contributed by atoms with van der Waals surface area (Å²) in [6.45, 7) is 5.61. The molecule has 0 fully saturated rings. The molecule has 2 aromatic carbocycles. The van der Waals surface area contributed by atoms with E-state index < -0.39 is 0 Å². The Labute approximate surface area is 113 Å². The van der Waals surface area contributed by atoms with E-state index in [4.69, 9.17) is 4.74 Å². The van der Waals surface area contributed by atoms with Gasteiger partial charge in [-0.2, -0.15) is 0 Å². The molecule has 0 spiro atoms. The monoisotopic (exact) mass is 255 g/mol. The van der Waals surface area contributed by atoms with Crippen molar-refractivity contribution in [2.45, 2.75) is 20.8 Å². The molecule has 0 aliphatic rings. The van der Waals surface area contributed by atoms with E-state index in [1.54, 1.807) is 0 Å². The number of hydrogen-bond acceptors (Lipinski definition) is 2. The van der Waals surface area contributed by atoms with E-state index in [1.165, 1.54) is 18.1 Å². The van der Waals surface area contributed by atoms with Gasteiger partial charge in [0, 0.05) is 12.6 Å². The highest BCUT2D eigenvalue weighted by atomic mass is 16.5. The van der Waals surface area contributed by atoms with E-state index in [2.05, 4.69) is 19.2 Å². The summed E-state index contributed by atoms with van der Waals surface area (Å²) in [6, 6.07) is 13.3. The topological polar surface area (TPSA) is 38.3 Å². The Morgan fingerprint density at radius 3 is 2.16 bits per heavy atom. The molecule has 3 nitrogen and oxygen atoms in total. The van der Waals surface area contributed by atoms with Crippen molar-refractivity contribution in [2.75, 3.05) is 5.32 Å². The van der Waals surface area contributed by atoms with Gasteiger partial charge in [-0.05, 0) is 61.4 Å². The third kappa shape index (κ3) is 3.58. The Bertz CT molecular complexity index is 588. The average Bonchev–Trinajstić information content (AvgIpc) is 2.36. The predicted octanol–water partition coefficient (Wildman–Crippen LogP) is 4.05. The maximum Gasteiger partial charge on any atom is 0.221 e. The molecule has 19 heavy (non-hydrogen) atoms. The van der Waals surface area contributed by atoms with Crippen molar-refractivity contribution in [3.8, 4) is 11.5 Å². The van der Waals surface area contributed by atoms with E-state index in [0.717, 1.165) is 17.2 Å². The fourth-order valence-electron chi connectivity index (χ4n) is 1.72. The van der Waals surface area contributed by atoms with E-state index in [1.807, 2.05) is 42.5 Å². The first-order valence-corrected chi connectivity index (χ1v) is 6.17. The van der Waals surface area contributed by atoms with Crippen molar-refractivity contribution in [3.63, 3.8) is 0 Å². The van der Waals surface area contributed by atoms with Gasteiger partial charge in [-0.3, -0.25) is 4.79 Å². The molecule has 1 amide bonds. The van der Waals surface area contributed by atoms with E-state index in [9.17, 15) is 4.79 Å². The maximum absolute atomic E-state index is 10.9. The Kier molecular flexibility index (Phi) is 3.85. The molecule has 0 saturated heterocycles. The van der Waals surface area contributed by atoms with Crippen molar-refractivity contribution in [2.24, 2.45) is 0 Å². The first-order chi connectivity index (χ1) is 9.04. The molecule has 1 N–H and O–H groups in total. The minimum absolute atomic E-state index is 0.0807. The minimum atomic E-state index is -0.0807. The van der Waals surface area contributed by atoms with Gasteiger partial charge in [0.15, 0.2) is 0 Å². The van der Waals surface area contributed by atoms with E-state index >= 15 is 0 Å². The fourth-order valence-corrected chi connectivity index (χ4v) is 1.72. The van der Waals surface area contributed by atoms with Gasteiger partial charge in [0.2, 0.25) is 5.91 Å². The van der Waals surface area contributed by atoms with Crippen LogP contribution in [0.2, 0.25) is 0 Å². The molecule has 0 atom stereocenters. The van der Waals surface area contributed by atoms with Crippen molar-refractivity contribution in [1.29, 1.82) is 0 Å². The number of hydrogen-bond donors (Lipinski definition) is 1. The number of carbonyl (C=O) groups is 1. The highest BCUT2D eigenvalue weighted by Crippen LogP contribution is 2.24. The quantitative estimate of drug-likeness (QED) is 0.898. The first-order valence-electron chi connectivity index (χ1n) is 6.17.